The Morgan fingerprint density at radius 1 is 1.25 bits per heavy atom. The van der Waals surface area contributed by atoms with E-state index in [1.165, 1.54) is 18.2 Å². The van der Waals surface area contributed by atoms with Crippen LogP contribution in [0.15, 0.2) is 16.8 Å². The van der Waals surface area contributed by atoms with Crippen molar-refractivity contribution < 1.29 is 14.3 Å². The summed E-state index contributed by atoms with van der Waals surface area (Å²) < 4.78 is 4.69. The summed E-state index contributed by atoms with van der Waals surface area (Å²) in [6, 6.07) is 0. The Balaban J connectivity index is 2.21. The second-order valence-electron chi connectivity index (χ2n) is 6.17. The molecule has 0 saturated carbocycles. The number of aryl methyl sites for hydroxylation is 1. The van der Waals surface area contributed by atoms with Gasteiger partial charge in [-0.1, -0.05) is 6.92 Å². The Morgan fingerprint density at radius 2 is 1.96 bits per heavy atom. The van der Waals surface area contributed by atoms with Crippen LogP contribution < -0.4 is 5.32 Å². The number of allylic oxidation sites excluding steroid dienone is 1. The van der Waals surface area contributed by atoms with Gasteiger partial charge >= 0.3 is 5.97 Å². The van der Waals surface area contributed by atoms with Gasteiger partial charge < -0.3 is 15.0 Å². The van der Waals surface area contributed by atoms with E-state index in [1.807, 2.05) is 19.9 Å². The van der Waals surface area contributed by atoms with Crippen LogP contribution >= 0.6 is 0 Å². The molecule has 1 aromatic heterocycles. The van der Waals surface area contributed by atoms with Crippen LogP contribution in [0.4, 0.5) is 0 Å². The number of nitrogens with one attached hydrogen (secondary N) is 2. The molecule has 0 aromatic carbocycles. The third-order valence-corrected chi connectivity index (χ3v) is 4.68. The average molecular weight is 330 g/mol. The molecule has 2 N–H and O–H groups in total. The number of esters is 1. The Kier molecular flexibility index (Phi) is 5.65. The molecule has 1 aromatic rings. The molecule has 0 atom stereocenters. The molecule has 0 bridgehead atoms. The molecular weight excluding hydrogens is 304 g/mol. The van der Waals surface area contributed by atoms with Crippen molar-refractivity contribution in [2.75, 3.05) is 7.11 Å². The largest absolute Gasteiger partial charge is 0.469 e. The third-order valence-electron chi connectivity index (χ3n) is 4.68. The van der Waals surface area contributed by atoms with Gasteiger partial charge in [-0.2, -0.15) is 0 Å². The van der Waals surface area contributed by atoms with Crippen molar-refractivity contribution in [3.05, 3.63) is 39.4 Å². The van der Waals surface area contributed by atoms with Crippen molar-refractivity contribution in [1.29, 1.82) is 0 Å². The number of amides is 1. The average Bonchev–Trinajstić information content (AvgIpc) is 2.97. The predicted molar refractivity (Wildman–Crippen MR) is 94.3 cm³/mol. The van der Waals surface area contributed by atoms with E-state index in [0.29, 0.717) is 6.42 Å². The summed E-state index contributed by atoms with van der Waals surface area (Å²) in [5.74, 6) is -0.192. The standard InChI is InChI=1S/C19H26N2O3/c1-6-14-12(3)19(23)21-17(14)10-16-11(2)15(13(4)20-16)8-7-9-18(22)24-5/h10,20H,6-9H2,1-5H3,(H,21,23)/b17-10-. The lowest BCUT2D eigenvalue weighted by Crippen LogP contribution is -2.15. The van der Waals surface area contributed by atoms with E-state index < -0.39 is 0 Å². The molecule has 1 aliphatic rings. The van der Waals surface area contributed by atoms with Crippen LogP contribution in [0.3, 0.4) is 0 Å². The van der Waals surface area contributed by atoms with Gasteiger partial charge in [0.15, 0.2) is 0 Å². The maximum atomic E-state index is 11.9. The number of H-pyrrole nitrogens is 1. The molecule has 0 aliphatic carbocycles. The lowest BCUT2D eigenvalue weighted by molar-refractivity contribution is -0.140. The van der Waals surface area contributed by atoms with Gasteiger partial charge in [0.25, 0.3) is 5.91 Å². The van der Waals surface area contributed by atoms with Crippen LogP contribution in [0.5, 0.6) is 0 Å². The Bertz CT molecular complexity index is 723. The van der Waals surface area contributed by atoms with E-state index in [1.54, 1.807) is 0 Å². The van der Waals surface area contributed by atoms with E-state index in [4.69, 9.17) is 0 Å². The first-order valence-corrected chi connectivity index (χ1v) is 8.37. The fourth-order valence-corrected chi connectivity index (χ4v) is 3.20. The highest BCUT2D eigenvalue weighted by atomic mass is 16.5. The van der Waals surface area contributed by atoms with E-state index in [-0.39, 0.29) is 11.9 Å². The quantitative estimate of drug-likeness (QED) is 0.786. The van der Waals surface area contributed by atoms with Gasteiger partial charge in [0.05, 0.1) is 7.11 Å². The summed E-state index contributed by atoms with van der Waals surface area (Å²) in [7, 11) is 1.41. The second-order valence-corrected chi connectivity index (χ2v) is 6.17. The van der Waals surface area contributed by atoms with Crippen LogP contribution in [-0.4, -0.2) is 24.0 Å². The zero-order valence-corrected chi connectivity index (χ0v) is 15.1. The molecule has 1 amide bonds. The number of carbonyl (C=O) groups excluding carboxylic acids is 2. The summed E-state index contributed by atoms with van der Waals surface area (Å²) in [6.45, 7) is 8.03. The molecule has 1 aliphatic heterocycles. The Morgan fingerprint density at radius 3 is 2.58 bits per heavy atom. The third kappa shape index (κ3) is 3.61. The van der Waals surface area contributed by atoms with Crippen molar-refractivity contribution in [2.45, 2.75) is 53.4 Å². The Hall–Kier alpha value is -2.30. The summed E-state index contributed by atoms with van der Waals surface area (Å²) in [5, 5.41) is 2.94. The lowest BCUT2D eigenvalue weighted by Gasteiger charge is -2.04. The van der Waals surface area contributed by atoms with Gasteiger partial charge in [0.1, 0.15) is 0 Å². The van der Waals surface area contributed by atoms with Gasteiger partial charge in [0.2, 0.25) is 0 Å². The molecule has 5 heteroatoms. The summed E-state index contributed by atoms with van der Waals surface area (Å²) in [4.78, 5) is 26.5. The monoisotopic (exact) mass is 330 g/mol. The van der Waals surface area contributed by atoms with E-state index in [2.05, 4.69) is 28.9 Å². The number of aromatic amines is 1. The van der Waals surface area contributed by atoms with Crippen LogP contribution in [-0.2, 0) is 20.7 Å². The number of methoxy groups -OCH3 is 1. The molecule has 0 radical (unpaired) electrons. The predicted octanol–water partition coefficient (Wildman–Crippen LogP) is 3.32. The topological polar surface area (TPSA) is 71.2 Å². The fraction of sp³-hybridized carbons (Fsp3) is 0.474. The summed E-state index contributed by atoms with van der Waals surface area (Å²) in [5.41, 5.74) is 7.25. The van der Waals surface area contributed by atoms with Gasteiger partial charge in [-0.05, 0) is 62.8 Å². The van der Waals surface area contributed by atoms with Gasteiger partial charge in [-0.15, -0.1) is 0 Å². The van der Waals surface area contributed by atoms with Crippen LogP contribution in [0, 0.1) is 13.8 Å². The highest BCUT2D eigenvalue weighted by Crippen LogP contribution is 2.27. The van der Waals surface area contributed by atoms with E-state index in [9.17, 15) is 9.59 Å². The van der Waals surface area contributed by atoms with Crippen molar-refractivity contribution in [3.8, 4) is 0 Å². The highest BCUT2D eigenvalue weighted by molar-refractivity contribution is 6.00. The number of aromatic nitrogens is 1. The zero-order valence-electron chi connectivity index (χ0n) is 15.1. The van der Waals surface area contributed by atoms with Crippen LogP contribution in [0.25, 0.3) is 6.08 Å². The summed E-state index contributed by atoms with van der Waals surface area (Å²) >= 11 is 0. The Labute approximate surface area is 143 Å². The number of hydrogen-bond donors (Lipinski definition) is 2. The molecular formula is C19H26N2O3. The van der Waals surface area contributed by atoms with Gasteiger partial charge in [0, 0.05) is 29.1 Å². The number of rotatable bonds is 6. The van der Waals surface area contributed by atoms with Gasteiger partial charge in [-0.3, -0.25) is 9.59 Å². The molecule has 0 spiro atoms. The fourth-order valence-electron chi connectivity index (χ4n) is 3.20. The van der Waals surface area contributed by atoms with Gasteiger partial charge in [-0.25, -0.2) is 0 Å². The maximum absolute atomic E-state index is 11.9. The first kappa shape index (κ1) is 18.0. The molecule has 0 unspecified atom stereocenters. The SMILES string of the molecule is CCC1=C(C)C(=O)N/C1=C\c1[nH]c(C)c(CCCC(=O)OC)c1C. The zero-order chi connectivity index (χ0) is 17.9. The van der Waals surface area contributed by atoms with Crippen molar-refractivity contribution in [2.24, 2.45) is 0 Å². The molecule has 24 heavy (non-hydrogen) atoms. The summed E-state index contributed by atoms with van der Waals surface area (Å²) in [6.07, 6.45) is 4.85. The maximum Gasteiger partial charge on any atom is 0.305 e. The molecule has 2 heterocycles. The van der Waals surface area contributed by atoms with Crippen molar-refractivity contribution in [1.82, 2.24) is 10.3 Å². The minimum Gasteiger partial charge on any atom is -0.469 e. The highest BCUT2D eigenvalue weighted by Gasteiger charge is 2.23. The molecule has 5 nitrogen and oxygen atoms in total. The molecule has 130 valence electrons. The lowest BCUT2D eigenvalue weighted by atomic mass is 10.0. The minimum absolute atomic E-state index is 0.0164. The smallest absolute Gasteiger partial charge is 0.305 e. The molecule has 2 rings (SSSR count). The van der Waals surface area contributed by atoms with E-state index >= 15 is 0 Å². The van der Waals surface area contributed by atoms with Crippen LogP contribution in [0.2, 0.25) is 0 Å². The number of carbonyl (C=O) groups is 2. The first-order chi connectivity index (χ1) is 11.4. The number of hydrogen-bond acceptors (Lipinski definition) is 3. The second kappa shape index (κ2) is 7.51. The molecule has 0 fully saturated rings. The van der Waals surface area contributed by atoms with Crippen molar-refractivity contribution in [3.63, 3.8) is 0 Å². The first-order valence-electron chi connectivity index (χ1n) is 8.37. The number of ether oxygens (including phenoxy) is 1. The van der Waals surface area contributed by atoms with Crippen molar-refractivity contribution >= 4 is 18.0 Å². The normalized spacial score (nSPS) is 16.0. The molecule has 0 saturated heterocycles. The minimum atomic E-state index is -0.176. The van der Waals surface area contributed by atoms with E-state index in [0.717, 1.165) is 47.5 Å². The van der Waals surface area contributed by atoms with Crippen LogP contribution in [0.1, 0.15) is 55.6 Å².